The van der Waals surface area contributed by atoms with Crippen molar-refractivity contribution in [2.75, 3.05) is 17.6 Å². The zero-order valence-corrected chi connectivity index (χ0v) is 13.1. The minimum Gasteiger partial charge on any atom is -0.486 e. The first kappa shape index (κ1) is 15.0. The summed E-state index contributed by atoms with van der Waals surface area (Å²) < 4.78 is 5.77. The van der Waals surface area contributed by atoms with Crippen LogP contribution in [0.4, 0.5) is 10.7 Å². The molecule has 1 aromatic heterocycles. The van der Waals surface area contributed by atoms with Crippen LogP contribution in [0.15, 0.2) is 0 Å². The number of carbonyl (C=O) groups is 1. The Labute approximate surface area is 123 Å². The first-order chi connectivity index (χ1) is 9.52. The second-order valence-electron chi connectivity index (χ2n) is 5.34. The molecule has 0 bridgehead atoms. The Hall–Kier alpha value is -1.43. The summed E-state index contributed by atoms with van der Waals surface area (Å²) >= 11 is 1.37. The van der Waals surface area contributed by atoms with Gasteiger partial charge in [0.05, 0.1) is 6.10 Å². The molecule has 0 atom stereocenters. The minimum atomic E-state index is -0.0897. The van der Waals surface area contributed by atoms with Crippen LogP contribution in [-0.4, -0.2) is 24.6 Å². The van der Waals surface area contributed by atoms with Crippen molar-refractivity contribution in [1.29, 1.82) is 0 Å². The molecule has 1 aliphatic carbocycles. The Morgan fingerprint density at radius 1 is 1.50 bits per heavy atom. The quantitative estimate of drug-likeness (QED) is 0.723. The maximum atomic E-state index is 12.2. The van der Waals surface area contributed by atoms with Crippen LogP contribution in [-0.2, 0) is 0 Å². The number of amides is 1. The first-order valence-corrected chi connectivity index (χ1v) is 7.98. The van der Waals surface area contributed by atoms with Gasteiger partial charge in [-0.2, -0.15) is 0 Å². The van der Waals surface area contributed by atoms with Crippen molar-refractivity contribution in [3.05, 3.63) is 4.88 Å². The highest BCUT2D eigenvalue weighted by Crippen LogP contribution is 2.43. The molecule has 0 unspecified atom stereocenters. The van der Waals surface area contributed by atoms with Crippen LogP contribution in [0, 0.1) is 0 Å². The Bertz CT molecular complexity index is 481. The molecule has 1 fully saturated rings. The van der Waals surface area contributed by atoms with Gasteiger partial charge in [-0.3, -0.25) is 4.79 Å². The largest absolute Gasteiger partial charge is 0.486 e. The number of rotatable bonds is 7. The van der Waals surface area contributed by atoms with E-state index in [-0.39, 0.29) is 12.0 Å². The van der Waals surface area contributed by atoms with Crippen molar-refractivity contribution < 1.29 is 9.53 Å². The SMILES string of the molecule is CCCNc1sc(C(=O)NC2CC2)c(N)c1OC(C)C. The van der Waals surface area contributed by atoms with Crippen LogP contribution < -0.4 is 21.1 Å². The molecule has 0 saturated heterocycles. The molecule has 1 amide bonds. The summed E-state index contributed by atoms with van der Waals surface area (Å²) in [5, 5.41) is 7.10. The summed E-state index contributed by atoms with van der Waals surface area (Å²) in [6.45, 7) is 6.82. The molecule has 20 heavy (non-hydrogen) atoms. The summed E-state index contributed by atoms with van der Waals surface area (Å²) in [7, 11) is 0. The minimum absolute atomic E-state index is 0.0217. The number of thiophene rings is 1. The molecule has 1 saturated carbocycles. The lowest BCUT2D eigenvalue weighted by molar-refractivity contribution is 0.0955. The zero-order valence-electron chi connectivity index (χ0n) is 12.3. The summed E-state index contributed by atoms with van der Waals surface area (Å²) in [4.78, 5) is 12.7. The average Bonchev–Trinajstić information content (AvgIpc) is 3.14. The molecule has 4 N–H and O–H groups in total. The fourth-order valence-electron chi connectivity index (χ4n) is 1.78. The van der Waals surface area contributed by atoms with Gasteiger partial charge >= 0.3 is 0 Å². The van der Waals surface area contributed by atoms with Crippen LogP contribution in [0.1, 0.15) is 49.7 Å². The molecule has 0 radical (unpaired) electrons. The van der Waals surface area contributed by atoms with Gasteiger partial charge in [0.15, 0.2) is 5.75 Å². The van der Waals surface area contributed by atoms with Crippen molar-refractivity contribution in [2.45, 2.75) is 52.2 Å². The van der Waals surface area contributed by atoms with Crippen molar-refractivity contribution in [2.24, 2.45) is 0 Å². The Balaban J connectivity index is 2.22. The van der Waals surface area contributed by atoms with E-state index in [1.807, 2.05) is 13.8 Å². The second-order valence-corrected chi connectivity index (χ2v) is 6.36. The van der Waals surface area contributed by atoms with Gasteiger partial charge in [0.2, 0.25) is 0 Å². The van der Waals surface area contributed by atoms with Crippen LogP contribution in [0.5, 0.6) is 5.75 Å². The number of hydrogen-bond acceptors (Lipinski definition) is 5. The van der Waals surface area contributed by atoms with Crippen molar-refractivity contribution in [1.82, 2.24) is 5.32 Å². The van der Waals surface area contributed by atoms with E-state index < -0.39 is 0 Å². The monoisotopic (exact) mass is 297 g/mol. The highest BCUT2D eigenvalue weighted by Gasteiger charge is 2.28. The lowest BCUT2D eigenvalue weighted by Gasteiger charge is -2.12. The predicted molar refractivity (Wildman–Crippen MR) is 83.8 cm³/mol. The van der Waals surface area contributed by atoms with Gasteiger partial charge in [0.25, 0.3) is 5.91 Å². The normalized spacial score (nSPS) is 14.4. The maximum absolute atomic E-state index is 12.2. The summed E-state index contributed by atoms with van der Waals surface area (Å²) in [5.74, 6) is 0.521. The third kappa shape index (κ3) is 3.56. The van der Waals surface area contributed by atoms with E-state index >= 15 is 0 Å². The lowest BCUT2D eigenvalue weighted by Crippen LogP contribution is -2.25. The summed E-state index contributed by atoms with van der Waals surface area (Å²) in [5.41, 5.74) is 6.55. The van der Waals surface area contributed by atoms with Crippen molar-refractivity contribution >= 4 is 27.9 Å². The predicted octanol–water partition coefficient (Wildman–Crippen LogP) is 2.83. The average molecular weight is 297 g/mol. The van der Waals surface area contributed by atoms with E-state index in [0.29, 0.717) is 22.4 Å². The topological polar surface area (TPSA) is 76.4 Å². The van der Waals surface area contributed by atoms with E-state index in [0.717, 1.165) is 30.8 Å². The standard InChI is InChI=1S/C14H23N3O2S/c1-4-7-16-14-11(19-8(2)3)10(15)12(20-14)13(18)17-9-5-6-9/h8-9,16H,4-7,15H2,1-3H3,(H,17,18). The molecular formula is C14H23N3O2S. The molecule has 6 heteroatoms. The summed E-state index contributed by atoms with van der Waals surface area (Å²) in [6, 6.07) is 0.325. The fraction of sp³-hybridized carbons (Fsp3) is 0.643. The molecule has 1 aliphatic rings. The molecule has 0 spiro atoms. The van der Waals surface area contributed by atoms with Crippen LogP contribution in [0.2, 0.25) is 0 Å². The van der Waals surface area contributed by atoms with Gasteiger partial charge in [0.1, 0.15) is 15.6 Å². The van der Waals surface area contributed by atoms with Gasteiger partial charge in [-0.05, 0) is 33.1 Å². The number of nitrogens with two attached hydrogens (primary N) is 1. The van der Waals surface area contributed by atoms with Crippen molar-refractivity contribution in [3.63, 3.8) is 0 Å². The maximum Gasteiger partial charge on any atom is 0.263 e. The smallest absolute Gasteiger partial charge is 0.263 e. The van der Waals surface area contributed by atoms with Crippen molar-refractivity contribution in [3.8, 4) is 5.75 Å². The number of nitrogen functional groups attached to an aromatic ring is 1. The second kappa shape index (κ2) is 6.35. The molecule has 0 aliphatic heterocycles. The van der Waals surface area contributed by atoms with Gasteiger partial charge in [0, 0.05) is 12.6 Å². The van der Waals surface area contributed by atoms with Crippen LogP contribution in [0.3, 0.4) is 0 Å². The Morgan fingerprint density at radius 2 is 2.20 bits per heavy atom. The molecule has 2 rings (SSSR count). The van der Waals surface area contributed by atoms with E-state index in [1.54, 1.807) is 0 Å². The highest BCUT2D eigenvalue weighted by molar-refractivity contribution is 7.19. The number of hydrogen-bond donors (Lipinski definition) is 3. The van der Waals surface area contributed by atoms with Gasteiger partial charge in [-0.1, -0.05) is 6.92 Å². The zero-order chi connectivity index (χ0) is 14.7. The first-order valence-electron chi connectivity index (χ1n) is 7.16. The van der Waals surface area contributed by atoms with E-state index in [9.17, 15) is 4.79 Å². The molecule has 5 nitrogen and oxygen atoms in total. The number of anilines is 2. The fourth-order valence-corrected chi connectivity index (χ4v) is 2.77. The molecule has 1 heterocycles. The Kier molecular flexibility index (Phi) is 4.75. The summed E-state index contributed by atoms with van der Waals surface area (Å²) in [6.07, 6.45) is 3.15. The van der Waals surface area contributed by atoms with Crippen LogP contribution in [0.25, 0.3) is 0 Å². The number of nitrogens with one attached hydrogen (secondary N) is 2. The van der Waals surface area contributed by atoms with E-state index in [2.05, 4.69) is 17.6 Å². The van der Waals surface area contributed by atoms with Gasteiger partial charge < -0.3 is 21.1 Å². The molecular weight excluding hydrogens is 274 g/mol. The Morgan fingerprint density at radius 3 is 2.75 bits per heavy atom. The highest BCUT2D eigenvalue weighted by atomic mass is 32.1. The van der Waals surface area contributed by atoms with Gasteiger partial charge in [-0.25, -0.2) is 0 Å². The third-order valence-electron chi connectivity index (χ3n) is 2.91. The molecule has 112 valence electrons. The number of carbonyl (C=O) groups excluding carboxylic acids is 1. The molecule has 0 aromatic carbocycles. The van der Waals surface area contributed by atoms with E-state index in [1.165, 1.54) is 11.3 Å². The third-order valence-corrected chi connectivity index (χ3v) is 4.05. The molecule has 1 aromatic rings. The van der Waals surface area contributed by atoms with E-state index in [4.69, 9.17) is 10.5 Å². The number of ether oxygens (including phenoxy) is 1. The lowest BCUT2D eigenvalue weighted by atomic mass is 10.3. The van der Waals surface area contributed by atoms with Crippen LogP contribution >= 0.6 is 11.3 Å². The van der Waals surface area contributed by atoms with Gasteiger partial charge in [-0.15, -0.1) is 11.3 Å².